The third-order valence-electron chi connectivity index (χ3n) is 5.20. The minimum atomic E-state index is -0.311. The highest BCUT2D eigenvalue weighted by atomic mass is 19.1. The number of imidazole rings is 1. The second-order valence-electron chi connectivity index (χ2n) is 6.62. The molecular formula is C17H22FN5O2. The number of ether oxygens (including phenoxy) is 1. The number of hydrogen-bond donors (Lipinski definition) is 1. The largest absolute Gasteiger partial charge is 0.383 e. The molecule has 7 nitrogen and oxygen atoms in total. The maximum absolute atomic E-state index is 14.0. The van der Waals surface area contributed by atoms with Crippen LogP contribution in [-0.4, -0.2) is 65.9 Å². The summed E-state index contributed by atoms with van der Waals surface area (Å²) in [5, 5.41) is 3.06. The van der Waals surface area contributed by atoms with Crippen LogP contribution in [0.3, 0.4) is 0 Å². The fourth-order valence-electron chi connectivity index (χ4n) is 3.94. The van der Waals surface area contributed by atoms with Gasteiger partial charge in [-0.05, 0) is 18.6 Å². The van der Waals surface area contributed by atoms with Crippen molar-refractivity contribution in [2.24, 2.45) is 7.05 Å². The molecule has 3 heterocycles. The lowest BCUT2D eigenvalue weighted by Gasteiger charge is -2.37. The van der Waals surface area contributed by atoms with E-state index in [1.54, 1.807) is 13.2 Å². The standard InChI is InChI=1S/C17H22FN5O2/c1-21-14-5-3-4-11(18)15(14)20-16(21)22-7-6-13-12(10-22)19-17(24)23(13)8-9-25-2/h3-5,12-13H,6-10H2,1-2H3,(H,19,24)/t12-,13+/m1/s1. The number of rotatable bonds is 4. The number of aromatic nitrogens is 2. The number of hydrogen-bond acceptors (Lipinski definition) is 4. The molecule has 25 heavy (non-hydrogen) atoms. The highest BCUT2D eigenvalue weighted by Gasteiger charge is 2.43. The first-order valence-corrected chi connectivity index (χ1v) is 8.52. The highest BCUT2D eigenvalue weighted by molar-refractivity contribution is 5.80. The first-order valence-electron chi connectivity index (χ1n) is 8.52. The summed E-state index contributed by atoms with van der Waals surface area (Å²) in [5.41, 5.74) is 1.16. The van der Waals surface area contributed by atoms with Crippen molar-refractivity contribution in [2.45, 2.75) is 18.5 Å². The number of nitrogens with zero attached hydrogens (tertiary/aromatic N) is 4. The molecule has 4 rings (SSSR count). The van der Waals surface area contributed by atoms with E-state index in [2.05, 4.69) is 15.2 Å². The number of amides is 2. The zero-order chi connectivity index (χ0) is 17.6. The van der Waals surface area contributed by atoms with Gasteiger partial charge in [-0.2, -0.15) is 0 Å². The number of methoxy groups -OCH3 is 1. The van der Waals surface area contributed by atoms with Gasteiger partial charge in [0.25, 0.3) is 0 Å². The van der Waals surface area contributed by atoms with Crippen LogP contribution in [0.15, 0.2) is 18.2 Å². The summed E-state index contributed by atoms with van der Waals surface area (Å²) in [6.07, 6.45) is 0.846. The number of carbonyl (C=O) groups is 1. The Labute approximate surface area is 145 Å². The van der Waals surface area contributed by atoms with Crippen molar-refractivity contribution < 1.29 is 13.9 Å². The number of fused-ring (bicyclic) bond motifs is 2. The van der Waals surface area contributed by atoms with Gasteiger partial charge in [0.05, 0.1) is 24.2 Å². The molecule has 0 radical (unpaired) electrons. The van der Waals surface area contributed by atoms with Crippen LogP contribution in [0.1, 0.15) is 6.42 Å². The summed E-state index contributed by atoms with van der Waals surface area (Å²) >= 11 is 0. The molecule has 0 bridgehead atoms. The summed E-state index contributed by atoms with van der Waals surface area (Å²) in [7, 11) is 3.53. The van der Waals surface area contributed by atoms with Crippen LogP contribution < -0.4 is 10.2 Å². The minimum absolute atomic E-state index is 0.0371. The Hall–Kier alpha value is -2.35. The van der Waals surface area contributed by atoms with Crippen molar-refractivity contribution >= 4 is 23.0 Å². The van der Waals surface area contributed by atoms with E-state index in [1.807, 2.05) is 22.6 Å². The van der Waals surface area contributed by atoms with Gasteiger partial charge in [0.1, 0.15) is 5.52 Å². The Balaban J connectivity index is 1.57. The number of aryl methyl sites for hydroxylation is 1. The van der Waals surface area contributed by atoms with Crippen LogP contribution in [0.2, 0.25) is 0 Å². The van der Waals surface area contributed by atoms with Gasteiger partial charge in [-0.15, -0.1) is 0 Å². The van der Waals surface area contributed by atoms with Crippen LogP contribution in [0.25, 0.3) is 11.0 Å². The van der Waals surface area contributed by atoms with Crippen LogP contribution in [0, 0.1) is 5.82 Å². The Morgan fingerprint density at radius 1 is 1.44 bits per heavy atom. The van der Waals surface area contributed by atoms with E-state index in [1.165, 1.54) is 6.07 Å². The van der Waals surface area contributed by atoms with E-state index < -0.39 is 0 Å². The Morgan fingerprint density at radius 2 is 2.28 bits per heavy atom. The number of urea groups is 1. The molecule has 1 aromatic carbocycles. The van der Waals surface area contributed by atoms with Crippen LogP contribution in [0.4, 0.5) is 15.1 Å². The van der Waals surface area contributed by atoms with E-state index in [0.29, 0.717) is 25.2 Å². The molecular weight excluding hydrogens is 325 g/mol. The summed E-state index contributed by atoms with van der Waals surface area (Å²) in [4.78, 5) is 20.7. The lowest BCUT2D eigenvalue weighted by Crippen LogP contribution is -2.52. The van der Waals surface area contributed by atoms with Crippen molar-refractivity contribution in [3.63, 3.8) is 0 Å². The van der Waals surface area contributed by atoms with E-state index in [-0.39, 0.29) is 23.9 Å². The molecule has 2 aliphatic heterocycles. The van der Waals surface area contributed by atoms with Crippen LogP contribution in [-0.2, 0) is 11.8 Å². The number of para-hydroxylation sites is 1. The average molecular weight is 347 g/mol. The fourth-order valence-corrected chi connectivity index (χ4v) is 3.94. The summed E-state index contributed by atoms with van der Waals surface area (Å²) in [5.74, 6) is 0.428. The first kappa shape index (κ1) is 16.1. The van der Waals surface area contributed by atoms with Gasteiger partial charge < -0.3 is 24.4 Å². The van der Waals surface area contributed by atoms with E-state index >= 15 is 0 Å². The van der Waals surface area contributed by atoms with Gasteiger partial charge in [-0.25, -0.2) is 14.2 Å². The maximum atomic E-state index is 14.0. The van der Waals surface area contributed by atoms with E-state index in [4.69, 9.17) is 4.74 Å². The molecule has 1 aromatic heterocycles. The average Bonchev–Trinajstić information content (AvgIpc) is 3.10. The molecule has 8 heteroatoms. The number of benzene rings is 1. The summed E-state index contributed by atoms with van der Waals surface area (Å²) in [6, 6.07) is 5.17. The highest BCUT2D eigenvalue weighted by Crippen LogP contribution is 2.28. The van der Waals surface area contributed by atoms with Crippen molar-refractivity contribution in [2.75, 3.05) is 38.3 Å². The second kappa shape index (κ2) is 6.18. The Morgan fingerprint density at radius 3 is 3.04 bits per heavy atom. The van der Waals surface area contributed by atoms with Crippen molar-refractivity contribution in [3.05, 3.63) is 24.0 Å². The molecule has 2 saturated heterocycles. The molecule has 1 N–H and O–H groups in total. The summed E-state index contributed by atoms with van der Waals surface area (Å²) in [6.45, 7) is 2.57. The smallest absolute Gasteiger partial charge is 0.318 e. The van der Waals surface area contributed by atoms with Crippen LogP contribution in [0.5, 0.6) is 0 Å². The SMILES string of the molecule is COCCN1C(=O)N[C@@H]2CN(c3nc4c(F)cccc4n3C)CC[C@@H]21. The summed E-state index contributed by atoms with van der Waals surface area (Å²) < 4.78 is 21.0. The Kier molecular flexibility index (Phi) is 3.99. The zero-order valence-corrected chi connectivity index (χ0v) is 14.4. The topological polar surface area (TPSA) is 62.6 Å². The first-order chi connectivity index (χ1) is 12.1. The maximum Gasteiger partial charge on any atom is 0.318 e. The third-order valence-corrected chi connectivity index (χ3v) is 5.20. The number of piperidine rings is 1. The number of anilines is 1. The molecule has 2 fully saturated rings. The molecule has 0 saturated carbocycles. The lowest BCUT2D eigenvalue weighted by molar-refractivity contribution is 0.140. The zero-order valence-electron chi connectivity index (χ0n) is 14.4. The van der Waals surface area contributed by atoms with E-state index in [9.17, 15) is 9.18 Å². The fraction of sp³-hybridized carbons (Fsp3) is 0.529. The van der Waals surface area contributed by atoms with Crippen molar-refractivity contribution in [1.29, 1.82) is 0 Å². The molecule has 2 atom stereocenters. The van der Waals surface area contributed by atoms with Crippen molar-refractivity contribution in [1.82, 2.24) is 19.8 Å². The van der Waals surface area contributed by atoms with E-state index in [0.717, 1.165) is 24.4 Å². The van der Waals surface area contributed by atoms with Gasteiger partial charge in [0.15, 0.2) is 5.82 Å². The third kappa shape index (κ3) is 2.60. The normalized spacial score (nSPS) is 23.2. The number of nitrogens with one attached hydrogen (secondary N) is 1. The van der Waals surface area contributed by atoms with Gasteiger partial charge in [-0.1, -0.05) is 6.07 Å². The molecule has 0 unspecified atom stereocenters. The number of carbonyl (C=O) groups excluding carboxylic acids is 1. The predicted octanol–water partition coefficient (Wildman–Crippen LogP) is 1.33. The van der Waals surface area contributed by atoms with Gasteiger partial charge >= 0.3 is 6.03 Å². The van der Waals surface area contributed by atoms with Gasteiger partial charge in [0.2, 0.25) is 5.95 Å². The minimum Gasteiger partial charge on any atom is -0.383 e. The quantitative estimate of drug-likeness (QED) is 0.906. The predicted molar refractivity (Wildman–Crippen MR) is 92.2 cm³/mol. The van der Waals surface area contributed by atoms with Gasteiger partial charge in [-0.3, -0.25) is 0 Å². The molecule has 2 aromatic rings. The van der Waals surface area contributed by atoms with Crippen LogP contribution >= 0.6 is 0 Å². The molecule has 0 spiro atoms. The molecule has 2 aliphatic rings. The molecule has 2 amide bonds. The monoisotopic (exact) mass is 347 g/mol. The molecule has 134 valence electrons. The van der Waals surface area contributed by atoms with Gasteiger partial charge in [0, 0.05) is 33.8 Å². The molecule has 0 aliphatic carbocycles. The lowest BCUT2D eigenvalue weighted by atomic mass is 10.0. The number of halogens is 1. The second-order valence-corrected chi connectivity index (χ2v) is 6.62. The Bertz CT molecular complexity index is 808. The van der Waals surface area contributed by atoms with Crippen molar-refractivity contribution in [3.8, 4) is 0 Å².